The van der Waals surface area contributed by atoms with Crippen molar-refractivity contribution in [3.05, 3.63) is 47.9 Å². The maximum Gasteiger partial charge on any atom is 0.166 e. The number of anilines is 1. The van der Waals surface area contributed by atoms with Gasteiger partial charge in [-0.25, -0.2) is 4.98 Å². The third kappa shape index (κ3) is 2.85. The van der Waals surface area contributed by atoms with Gasteiger partial charge < -0.3 is 5.32 Å². The smallest absolute Gasteiger partial charge is 0.166 e. The van der Waals surface area contributed by atoms with E-state index in [1.54, 1.807) is 23.7 Å². The monoisotopic (exact) mass is 339 g/mol. The number of aromatic nitrogens is 4. The summed E-state index contributed by atoms with van der Waals surface area (Å²) in [5.41, 5.74) is 3.58. The summed E-state index contributed by atoms with van der Waals surface area (Å²) in [6.07, 6.45) is 5.47. The molecule has 4 aromatic heterocycles. The predicted octanol–water partition coefficient (Wildman–Crippen LogP) is 4.52. The van der Waals surface area contributed by atoms with E-state index in [2.05, 4.69) is 27.3 Å². The van der Waals surface area contributed by atoms with Gasteiger partial charge in [0.2, 0.25) is 0 Å². The van der Waals surface area contributed by atoms with Crippen LogP contribution >= 0.6 is 11.3 Å². The van der Waals surface area contributed by atoms with Gasteiger partial charge in [0.15, 0.2) is 5.82 Å². The van der Waals surface area contributed by atoms with Crippen molar-refractivity contribution in [1.82, 2.24) is 19.7 Å². The third-order valence-corrected chi connectivity index (χ3v) is 4.87. The molecule has 124 valence electrons. The Hall–Kier alpha value is -2.47. The number of pyridine rings is 2. The fourth-order valence-electron chi connectivity index (χ4n) is 2.67. The molecule has 4 rings (SSSR count). The molecule has 1 N–H and O–H groups in total. The van der Waals surface area contributed by atoms with Crippen LogP contribution in [0.25, 0.3) is 20.4 Å². The largest absolute Gasteiger partial charge is 0.363 e. The maximum absolute atomic E-state index is 4.63. The van der Waals surface area contributed by atoms with E-state index in [9.17, 15) is 0 Å². The average molecular weight is 339 g/mol. The summed E-state index contributed by atoms with van der Waals surface area (Å²) in [4.78, 5) is 9.60. The molecule has 0 aliphatic carbocycles. The molecule has 5 nitrogen and oxygen atoms in total. The van der Waals surface area contributed by atoms with Crippen molar-refractivity contribution >= 4 is 37.6 Å². The zero-order valence-corrected chi connectivity index (χ0v) is 15.2. The third-order valence-electron chi connectivity index (χ3n) is 3.77. The van der Waals surface area contributed by atoms with Crippen LogP contribution in [0.4, 0.5) is 5.82 Å². The number of hydrogen-bond donors (Lipinski definition) is 1. The summed E-state index contributed by atoms with van der Waals surface area (Å²) in [5, 5.41) is 9.26. The Balaban J connectivity index is 0.000000815. The lowest BCUT2D eigenvalue weighted by Gasteiger charge is -2.02. The van der Waals surface area contributed by atoms with E-state index in [1.165, 1.54) is 16.5 Å². The van der Waals surface area contributed by atoms with Crippen molar-refractivity contribution < 1.29 is 0 Å². The normalized spacial score (nSPS) is 10.7. The molecule has 0 aliphatic rings. The standard InChI is InChI=1S/C16H15N5S.C2H6/c1-10-3-8-18-16-12(10)13-14(22-16)15(20-21(13)2)19-9-11-4-6-17-7-5-11;1-2/h3-8H,9H2,1-2H3,(H,19,20);1-2H3. The lowest BCUT2D eigenvalue weighted by atomic mass is 10.2. The Morgan fingerprint density at radius 1 is 1.12 bits per heavy atom. The summed E-state index contributed by atoms with van der Waals surface area (Å²) in [5.74, 6) is 0.914. The summed E-state index contributed by atoms with van der Waals surface area (Å²) >= 11 is 1.69. The van der Waals surface area contributed by atoms with Crippen molar-refractivity contribution in [2.24, 2.45) is 7.05 Å². The van der Waals surface area contributed by atoms with Crippen LogP contribution in [0.2, 0.25) is 0 Å². The Morgan fingerprint density at radius 3 is 2.62 bits per heavy atom. The molecular weight excluding hydrogens is 318 g/mol. The maximum atomic E-state index is 4.63. The quantitative estimate of drug-likeness (QED) is 0.596. The Labute approximate surface area is 145 Å². The van der Waals surface area contributed by atoms with Crippen LogP contribution in [0.15, 0.2) is 36.8 Å². The van der Waals surface area contributed by atoms with Crippen molar-refractivity contribution in [2.75, 3.05) is 5.32 Å². The minimum Gasteiger partial charge on any atom is -0.363 e. The van der Waals surface area contributed by atoms with Crippen LogP contribution in [-0.2, 0) is 13.6 Å². The molecule has 0 spiro atoms. The fourth-order valence-corrected chi connectivity index (χ4v) is 3.88. The van der Waals surface area contributed by atoms with Crippen molar-refractivity contribution in [1.29, 1.82) is 0 Å². The predicted molar refractivity (Wildman–Crippen MR) is 102 cm³/mol. The van der Waals surface area contributed by atoms with Crippen LogP contribution in [0, 0.1) is 6.92 Å². The highest BCUT2D eigenvalue weighted by atomic mass is 32.1. The molecule has 24 heavy (non-hydrogen) atoms. The number of nitrogens with one attached hydrogen (secondary N) is 1. The second-order valence-corrected chi connectivity index (χ2v) is 6.27. The molecule has 0 fully saturated rings. The summed E-state index contributed by atoms with van der Waals surface area (Å²) in [6.45, 7) is 6.85. The minimum absolute atomic E-state index is 0.731. The molecule has 0 atom stereocenters. The van der Waals surface area contributed by atoms with Crippen LogP contribution in [0.1, 0.15) is 25.0 Å². The van der Waals surface area contributed by atoms with Gasteiger partial charge in [0, 0.05) is 37.6 Å². The lowest BCUT2D eigenvalue weighted by molar-refractivity contribution is 0.799. The number of thiophene rings is 1. The Morgan fingerprint density at radius 2 is 1.88 bits per heavy atom. The number of aryl methyl sites for hydroxylation is 2. The molecule has 0 aromatic carbocycles. The molecule has 0 aliphatic heterocycles. The molecule has 0 bridgehead atoms. The van der Waals surface area contributed by atoms with Gasteiger partial charge in [-0.3, -0.25) is 9.67 Å². The van der Waals surface area contributed by atoms with E-state index in [0.717, 1.165) is 27.4 Å². The summed E-state index contributed by atoms with van der Waals surface area (Å²) in [7, 11) is 1.98. The molecular formula is C18H21N5S. The topological polar surface area (TPSA) is 55.6 Å². The second kappa shape index (κ2) is 6.97. The number of rotatable bonds is 3. The summed E-state index contributed by atoms with van der Waals surface area (Å²) in [6, 6.07) is 6.05. The highest BCUT2D eigenvalue weighted by Crippen LogP contribution is 2.38. The van der Waals surface area contributed by atoms with Gasteiger partial charge in [0.25, 0.3) is 0 Å². The first-order chi connectivity index (χ1) is 11.7. The lowest BCUT2D eigenvalue weighted by Crippen LogP contribution is -2.01. The SMILES string of the molecule is CC.Cc1ccnc2sc3c(NCc4ccncc4)nn(C)c3c12. The first kappa shape index (κ1) is 16.4. The molecule has 0 radical (unpaired) electrons. The van der Waals surface area contributed by atoms with E-state index < -0.39 is 0 Å². The van der Waals surface area contributed by atoms with Gasteiger partial charge in [0.1, 0.15) is 4.83 Å². The first-order valence-electron chi connectivity index (χ1n) is 8.07. The number of fused-ring (bicyclic) bond motifs is 3. The van der Waals surface area contributed by atoms with E-state index in [0.29, 0.717) is 0 Å². The zero-order chi connectivity index (χ0) is 17.1. The van der Waals surface area contributed by atoms with Crippen LogP contribution in [-0.4, -0.2) is 19.7 Å². The molecule has 4 heterocycles. The van der Waals surface area contributed by atoms with Gasteiger partial charge in [-0.15, -0.1) is 11.3 Å². The van der Waals surface area contributed by atoms with Crippen molar-refractivity contribution in [3.63, 3.8) is 0 Å². The molecule has 0 amide bonds. The van der Waals surface area contributed by atoms with E-state index in [4.69, 9.17) is 0 Å². The molecule has 0 unspecified atom stereocenters. The van der Waals surface area contributed by atoms with E-state index >= 15 is 0 Å². The van der Waals surface area contributed by atoms with Gasteiger partial charge >= 0.3 is 0 Å². The van der Waals surface area contributed by atoms with E-state index in [-0.39, 0.29) is 0 Å². The molecule has 4 aromatic rings. The van der Waals surface area contributed by atoms with Gasteiger partial charge in [-0.2, -0.15) is 5.10 Å². The highest BCUT2D eigenvalue weighted by Gasteiger charge is 2.17. The van der Waals surface area contributed by atoms with Crippen molar-refractivity contribution in [3.8, 4) is 0 Å². The number of hydrogen-bond acceptors (Lipinski definition) is 5. The van der Waals surface area contributed by atoms with Crippen molar-refractivity contribution in [2.45, 2.75) is 27.3 Å². The van der Waals surface area contributed by atoms with Gasteiger partial charge in [0.05, 0.1) is 10.2 Å². The van der Waals surface area contributed by atoms with Crippen LogP contribution in [0.5, 0.6) is 0 Å². The van der Waals surface area contributed by atoms with Crippen LogP contribution < -0.4 is 5.32 Å². The van der Waals surface area contributed by atoms with Gasteiger partial charge in [-0.05, 0) is 36.2 Å². The summed E-state index contributed by atoms with van der Waals surface area (Å²) < 4.78 is 3.10. The Bertz CT molecular complexity index is 956. The zero-order valence-electron chi connectivity index (χ0n) is 14.4. The van der Waals surface area contributed by atoms with Crippen LogP contribution in [0.3, 0.4) is 0 Å². The van der Waals surface area contributed by atoms with Gasteiger partial charge in [-0.1, -0.05) is 13.8 Å². The molecule has 6 heteroatoms. The molecule has 0 saturated carbocycles. The Kier molecular flexibility index (Phi) is 4.76. The van der Waals surface area contributed by atoms with E-state index in [1.807, 2.05) is 50.0 Å². The fraction of sp³-hybridized carbons (Fsp3) is 0.278. The first-order valence-corrected chi connectivity index (χ1v) is 8.89. The number of nitrogens with zero attached hydrogens (tertiary/aromatic N) is 4. The minimum atomic E-state index is 0.731. The molecule has 0 saturated heterocycles. The second-order valence-electron chi connectivity index (χ2n) is 5.27. The highest BCUT2D eigenvalue weighted by molar-refractivity contribution is 7.26. The average Bonchev–Trinajstić information content (AvgIpc) is 3.14.